The van der Waals surface area contributed by atoms with E-state index in [1.54, 1.807) is 0 Å². The minimum atomic E-state index is 0.911. The number of hydrogen-bond acceptors (Lipinski definition) is 1. The third kappa shape index (κ3) is 5.01. The van der Waals surface area contributed by atoms with Gasteiger partial charge in [-0.1, -0.05) is 46.0 Å². The predicted octanol–water partition coefficient (Wildman–Crippen LogP) is 4.22. The van der Waals surface area contributed by atoms with Crippen molar-refractivity contribution in [1.82, 2.24) is 4.90 Å². The Morgan fingerprint density at radius 1 is 0.867 bits per heavy atom. The van der Waals surface area contributed by atoms with E-state index in [4.69, 9.17) is 0 Å². The summed E-state index contributed by atoms with van der Waals surface area (Å²) in [5.74, 6) is 0. The van der Waals surface area contributed by atoms with Crippen LogP contribution in [0.2, 0.25) is 0 Å². The summed E-state index contributed by atoms with van der Waals surface area (Å²) >= 11 is 0. The van der Waals surface area contributed by atoms with E-state index in [1.807, 2.05) is 0 Å². The molecule has 1 unspecified atom stereocenters. The van der Waals surface area contributed by atoms with E-state index >= 15 is 0 Å². The Bertz CT molecular complexity index is 138. The number of rotatable bonds is 8. The largest absolute Gasteiger partial charge is 0.300 e. The molecule has 0 radical (unpaired) electrons. The van der Waals surface area contributed by atoms with Gasteiger partial charge >= 0.3 is 0 Å². The number of unbranched alkanes of at least 4 members (excludes halogenated alkanes) is 3. The summed E-state index contributed by atoms with van der Waals surface area (Å²) in [5.41, 5.74) is 0. The van der Waals surface area contributed by atoms with E-state index in [0.29, 0.717) is 0 Å². The van der Waals surface area contributed by atoms with Crippen LogP contribution < -0.4 is 0 Å². The highest BCUT2D eigenvalue weighted by Crippen LogP contribution is 2.20. The van der Waals surface area contributed by atoms with Crippen LogP contribution in [0.15, 0.2) is 0 Å². The summed E-state index contributed by atoms with van der Waals surface area (Å²) in [6.07, 6.45) is 12.8. The van der Waals surface area contributed by atoms with Gasteiger partial charge in [0, 0.05) is 6.04 Å². The lowest BCUT2D eigenvalue weighted by Gasteiger charge is -2.27. The summed E-state index contributed by atoms with van der Waals surface area (Å²) in [4.78, 5) is 2.75. The fraction of sp³-hybridized carbons (Fsp3) is 1.00. The average molecular weight is 211 g/mol. The van der Waals surface area contributed by atoms with E-state index in [-0.39, 0.29) is 0 Å². The zero-order chi connectivity index (χ0) is 10.9. The van der Waals surface area contributed by atoms with Gasteiger partial charge in [0.25, 0.3) is 0 Å². The molecule has 1 heterocycles. The summed E-state index contributed by atoms with van der Waals surface area (Å²) in [5, 5.41) is 0. The summed E-state index contributed by atoms with van der Waals surface area (Å²) in [6.45, 7) is 7.37. The van der Waals surface area contributed by atoms with Crippen LogP contribution in [-0.4, -0.2) is 24.0 Å². The molecule has 15 heavy (non-hydrogen) atoms. The molecular formula is C14H29N. The number of nitrogens with zero attached hydrogens (tertiary/aromatic N) is 1. The molecular weight excluding hydrogens is 182 g/mol. The minimum absolute atomic E-state index is 0.911. The maximum atomic E-state index is 2.75. The molecule has 1 aliphatic heterocycles. The molecule has 0 N–H and O–H groups in total. The van der Waals surface area contributed by atoms with Crippen LogP contribution in [0.5, 0.6) is 0 Å². The molecule has 0 aromatic carbocycles. The molecule has 0 saturated carbocycles. The van der Waals surface area contributed by atoms with Crippen LogP contribution in [-0.2, 0) is 0 Å². The zero-order valence-electron chi connectivity index (χ0n) is 10.8. The first-order valence-corrected chi connectivity index (χ1v) is 7.12. The summed E-state index contributed by atoms with van der Waals surface area (Å²) in [6, 6.07) is 0.911. The normalized spacial score (nSPS) is 19.6. The molecule has 0 spiro atoms. The molecule has 1 rings (SSSR count). The van der Waals surface area contributed by atoms with Crippen LogP contribution in [0.4, 0.5) is 0 Å². The SMILES string of the molecule is CCCCCCC(CCC)N1CCCC1. The molecule has 0 aliphatic carbocycles. The van der Waals surface area contributed by atoms with Gasteiger partial charge in [0.15, 0.2) is 0 Å². The lowest BCUT2D eigenvalue weighted by atomic mass is 10.0. The molecule has 1 atom stereocenters. The Hall–Kier alpha value is -0.0400. The summed E-state index contributed by atoms with van der Waals surface area (Å²) < 4.78 is 0. The van der Waals surface area contributed by atoms with Gasteiger partial charge in [-0.05, 0) is 38.8 Å². The first kappa shape index (κ1) is 13.0. The van der Waals surface area contributed by atoms with Crippen molar-refractivity contribution < 1.29 is 0 Å². The lowest BCUT2D eigenvalue weighted by Crippen LogP contribution is -2.32. The van der Waals surface area contributed by atoms with Gasteiger partial charge in [0.1, 0.15) is 0 Å². The van der Waals surface area contributed by atoms with E-state index < -0.39 is 0 Å². The zero-order valence-corrected chi connectivity index (χ0v) is 10.8. The van der Waals surface area contributed by atoms with Gasteiger partial charge in [-0.25, -0.2) is 0 Å². The molecule has 0 amide bonds. The highest BCUT2D eigenvalue weighted by atomic mass is 15.2. The first-order valence-electron chi connectivity index (χ1n) is 7.12. The number of likely N-dealkylation sites (tertiary alicyclic amines) is 1. The monoisotopic (exact) mass is 211 g/mol. The standard InChI is InChI=1S/C14H29N/c1-3-5-6-7-11-14(10-4-2)15-12-8-9-13-15/h14H,3-13H2,1-2H3. The second kappa shape index (κ2) is 8.15. The smallest absolute Gasteiger partial charge is 0.00951 e. The van der Waals surface area contributed by atoms with Crippen LogP contribution >= 0.6 is 0 Å². The van der Waals surface area contributed by atoms with E-state index in [9.17, 15) is 0 Å². The molecule has 1 fully saturated rings. The van der Waals surface area contributed by atoms with Gasteiger partial charge in [-0.2, -0.15) is 0 Å². The number of hydrogen-bond donors (Lipinski definition) is 0. The fourth-order valence-corrected chi connectivity index (χ4v) is 2.76. The Balaban J connectivity index is 2.17. The van der Waals surface area contributed by atoms with Crippen LogP contribution in [0.25, 0.3) is 0 Å². The second-order valence-corrected chi connectivity index (χ2v) is 5.03. The molecule has 0 aromatic rings. The topological polar surface area (TPSA) is 3.24 Å². The van der Waals surface area contributed by atoms with E-state index in [0.717, 1.165) is 6.04 Å². The fourth-order valence-electron chi connectivity index (χ4n) is 2.76. The molecule has 1 saturated heterocycles. The van der Waals surface area contributed by atoms with Crippen molar-refractivity contribution in [2.75, 3.05) is 13.1 Å². The first-order chi connectivity index (χ1) is 7.38. The Morgan fingerprint density at radius 2 is 1.60 bits per heavy atom. The highest BCUT2D eigenvalue weighted by Gasteiger charge is 2.20. The molecule has 1 heteroatoms. The van der Waals surface area contributed by atoms with Crippen molar-refractivity contribution >= 4 is 0 Å². The van der Waals surface area contributed by atoms with Crippen molar-refractivity contribution in [3.05, 3.63) is 0 Å². The quantitative estimate of drug-likeness (QED) is 0.543. The Kier molecular flexibility index (Phi) is 7.08. The third-order valence-electron chi connectivity index (χ3n) is 3.67. The molecule has 0 bridgehead atoms. The average Bonchev–Trinajstić information content (AvgIpc) is 2.76. The second-order valence-electron chi connectivity index (χ2n) is 5.03. The maximum Gasteiger partial charge on any atom is 0.00951 e. The minimum Gasteiger partial charge on any atom is -0.300 e. The van der Waals surface area contributed by atoms with Crippen LogP contribution in [0.1, 0.15) is 71.6 Å². The molecule has 90 valence electrons. The lowest BCUT2D eigenvalue weighted by molar-refractivity contribution is 0.213. The van der Waals surface area contributed by atoms with Gasteiger partial charge in [-0.3, -0.25) is 0 Å². The van der Waals surface area contributed by atoms with E-state index in [2.05, 4.69) is 18.7 Å². The molecule has 0 aromatic heterocycles. The van der Waals surface area contributed by atoms with Gasteiger partial charge in [0.2, 0.25) is 0 Å². The highest BCUT2D eigenvalue weighted by molar-refractivity contribution is 4.76. The van der Waals surface area contributed by atoms with Crippen molar-refractivity contribution in [3.63, 3.8) is 0 Å². The van der Waals surface area contributed by atoms with Crippen molar-refractivity contribution in [2.45, 2.75) is 77.7 Å². The Morgan fingerprint density at radius 3 is 2.20 bits per heavy atom. The molecule has 1 aliphatic rings. The van der Waals surface area contributed by atoms with Crippen molar-refractivity contribution in [2.24, 2.45) is 0 Å². The van der Waals surface area contributed by atoms with Crippen molar-refractivity contribution in [3.8, 4) is 0 Å². The van der Waals surface area contributed by atoms with Gasteiger partial charge in [0.05, 0.1) is 0 Å². The Labute approximate surface area is 96.2 Å². The molecule has 1 nitrogen and oxygen atoms in total. The predicted molar refractivity (Wildman–Crippen MR) is 68.3 cm³/mol. The van der Waals surface area contributed by atoms with Crippen LogP contribution in [0.3, 0.4) is 0 Å². The van der Waals surface area contributed by atoms with Crippen molar-refractivity contribution in [1.29, 1.82) is 0 Å². The van der Waals surface area contributed by atoms with Gasteiger partial charge < -0.3 is 4.90 Å². The van der Waals surface area contributed by atoms with Crippen LogP contribution in [0, 0.1) is 0 Å². The summed E-state index contributed by atoms with van der Waals surface area (Å²) in [7, 11) is 0. The van der Waals surface area contributed by atoms with Gasteiger partial charge in [-0.15, -0.1) is 0 Å². The third-order valence-corrected chi connectivity index (χ3v) is 3.67. The maximum absolute atomic E-state index is 2.75. The van der Waals surface area contributed by atoms with E-state index in [1.165, 1.54) is 70.9 Å².